The van der Waals surface area contributed by atoms with Crippen molar-refractivity contribution in [2.75, 3.05) is 38.0 Å². The lowest BCUT2D eigenvalue weighted by Gasteiger charge is -2.37. The van der Waals surface area contributed by atoms with Gasteiger partial charge in [-0.25, -0.2) is 0 Å². The van der Waals surface area contributed by atoms with E-state index in [0.29, 0.717) is 37.2 Å². The first-order chi connectivity index (χ1) is 15.9. The second-order valence-corrected chi connectivity index (χ2v) is 8.70. The first-order valence-corrected chi connectivity index (χ1v) is 11.4. The van der Waals surface area contributed by atoms with Crippen molar-refractivity contribution in [3.8, 4) is 0 Å². The van der Waals surface area contributed by atoms with E-state index < -0.39 is 29.8 Å². The highest BCUT2D eigenvalue weighted by Gasteiger charge is 2.34. The molecule has 2 aromatic rings. The van der Waals surface area contributed by atoms with Crippen LogP contribution in [0.25, 0.3) is 10.9 Å². The molecule has 3 atom stereocenters. The van der Waals surface area contributed by atoms with Gasteiger partial charge < -0.3 is 25.4 Å². The molecule has 1 amide bonds. The van der Waals surface area contributed by atoms with E-state index in [4.69, 9.17) is 0 Å². The van der Waals surface area contributed by atoms with Gasteiger partial charge in [0.05, 0.1) is 11.8 Å². The number of fused-ring (bicyclic) bond motifs is 1. The number of hydrogen-bond acceptors (Lipinski definition) is 5. The van der Waals surface area contributed by atoms with Crippen molar-refractivity contribution < 1.29 is 24.6 Å². The van der Waals surface area contributed by atoms with Gasteiger partial charge in [-0.05, 0) is 31.5 Å². The predicted molar refractivity (Wildman–Crippen MR) is 124 cm³/mol. The van der Waals surface area contributed by atoms with Crippen LogP contribution < -0.4 is 5.32 Å². The molecule has 1 aromatic carbocycles. The number of H-pyrrole nitrogens is 1. The number of aliphatic carboxylic acids is 2. The van der Waals surface area contributed by atoms with E-state index in [0.717, 1.165) is 30.5 Å². The van der Waals surface area contributed by atoms with Gasteiger partial charge in [0, 0.05) is 54.5 Å². The number of nitrogens with one attached hydrogen (secondary N) is 2. The average molecular weight is 455 g/mol. The highest BCUT2D eigenvalue weighted by molar-refractivity contribution is 5.98. The third-order valence-electron chi connectivity index (χ3n) is 6.82. The number of aromatic nitrogens is 1. The topological polar surface area (TPSA) is 126 Å². The van der Waals surface area contributed by atoms with Crippen LogP contribution in [-0.4, -0.2) is 75.6 Å². The molecule has 4 rings (SSSR count). The molecule has 2 aliphatic rings. The van der Waals surface area contributed by atoms with E-state index >= 15 is 0 Å². The zero-order chi connectivity index (χ0) is 23.5. The number of benzene rings is 1. The Hall–Kier alpha value is -3.17. The summed E-state index contributed by atoms with van der Waals surface area (Å²) in [6.07, 6.45) is 6.11. The molecule has 1 aliphatic heterocycles. The summed E-state index contributed by atoms with van der Waals surface area (Å²) in [6.45, 7) is 6.11. The Morgan fingerprint density at radius 1 is 1.09 bits per heavy atom. The second kappa shape index (κ2) is 9.76. The minimum atomic E-state index is -0.969. The van der Waals surface area contributed by atoms with Crippen molar-refractivity contribution in [3.05, 3.63) is 42.1 Å². The first kappa shape index (κ1) is 23.0. The zero-order valence-electron chi connectivity index (χ0n) is 18.7. The zero-order valence-corrected chi connectivity index (χ0v) is 18.7. The van der Waals surface area contributed by atoms with Crippen LogP contribution in [0.5, 0.6) is 0 Å². The van der Waals surface area contributed by atoms with E-state index in [1.807, 2.05) is 17.0 Å². The summed E-state index contributed by atoms with van der Waals surface area (Å²) < 4.78 is 0. The highest BCUT2D eigenvalue weighted by atomic mass is 16.4. The number of nitrogens with zero attached hydrogens (tertiary/aromatic N) is 2. The molecule has 0 spiro atoms. The predicted octanol–water partition coefficient (Wildman–Crippen LogP) is 2.54. The van der Waals surface area contributed by atoms with E-state index in [1.165, 1.54) is 0 Å². The number of piperazine rings is 1. The van der Waals surface area contributed by atoms with Gasteiger partial charge >= 0.3 is 11.9 Å². The summed E-state index contributed by atoms with van der Waals surface area (Å²) >= 11 is 0. The smallest absolute Gasteiger partial charge is 0.325 e. The van der Waals surface area contributed by atoms with Crippen molar-refractivity contribution in [3.63, 3.8) is 0 Å². The van der Waals surface area contributed by atoms with Gasteiger partial charge in [0.1, 0.15) is 6.04 Å². The van der Waals surface area contributed by atoms with E-state index in [1.54, 1.807) is 24.4 Å². The maximum absolute atomic E-state index is 12.8. The normalized spacial score (nSPS) is 22.8. The summed E-state index contributed by atoms with van der Waals surface area (Å²) in [5.41, 5.74) is 1.96. The fourth-order valence-corrected chi connectivity index (χ4v) is 4.89. The Morgan fingerprint density at radius 3 is 2.42 bits per heavy atom. The van der Waals surface area contributed by atoms with Crippen LogP contribution in [-0.2, 0) is 14.4 Å². The van der Waals surface area contributed by atoms with Crippen molar-refractivity contribution in [1.29, 1.82) is 0 Å². The van der Waals surface area contributed by atoms with Crippen molar-refractivity contribution in [2.24, 2.45) is 11.8 Å². The fraction of sp³-hybridized carbons (Fsp3) is 0.458. The van der Waals surface area contributed by atoms with Gasteiger partial charge in [-0.1, -0.05) is 25.1 Å². The maximum Gasteiger partial charge on any atom is 0.325 e. The SMILES string of the molecule is CCN1CCN([C@@H](C(=O)O)c2c[nH]c3cc(NC(=O)[C@H]4CC=CC[C@@H]4C(=O)O)ccc23)CC1. The quantitative estimate of drug-likeness (QED) is 0.474. The number of anilines is 1. The number of carboxylic acids is 2. The Bertz CT molecular complexity index is 1070. The number of carbonyl (C=O) groups is 3. The lowest BCUT2D eigenvalue weighted by Crippen LogP contribution is -2.49. The van der Waals surface area contributed by atoms with Gasteiger partial charge in [-0.15, -0.1) is 0 Å². The van der Waals surface area contributed by atoms with E-state index in [-0.39, 0.29) is 5.91 Å². The van der Waals surface area contributed by atoms with E-state index in [9.17, 15) is 24.6 Å². The Morgan fingerprint density at radius 2 is 1.79 bits per heavy atom. The molecule has 2 heterocycles. The molecule has 0 saturated carbocycles. The second-order valence-electron chi connectivity index (χ2n) is 8.70. The largest absolute Gasteiger partial charge is 0.481 e. The van der Waals surface area contributed by atoms with Crippen LogP contribution in [0, 0.1) is 11.8 Å². The molecule has 33 heavy (non-hydrogen) atoms. The number of carbonyl (C=O) groups excluding carboxylic acids is 1. The highest BCUT2D eigenvalue weighted by Crippen LogP contribution is 2.32. The van der Waals surface area contributed by atoms with Crippen LogP contribution >= 0.6 is 0 Å². The van der Waals surface area contributed by atoms with Gasteiger partial charge in [-0.3, -0.25) is 19.3 Å². The molecule has 0 unspecified atom stereocenters. The van der Waals surface area contributed by atoms with Crippen LogP contribution in [0.15, 0.2) is 36.5 Å². The molecule has 176 valence electrons. The molecule has 1 fully saturated rings. The fourth-order valence-electron chi connectivity index (χ4n) is 4.89. The van der Waals surface area contributed by atoms with Crippen LogP contribution in [0.2, 0.25) is 0 Å². The number of amides is 1. The Balaban J connectivity index is 1.53. The third kappa shape index (κ3) is 4.79. The van der Waals surface area contributed by atoms with Crippen LogP contribution in [0.1, 0.15) is 31.4 Å². The minimum Gasteiger partial charge on any atom is -0.481 e. The van der Waals surface area contributed by atoms with Gasteiger partial charge in [-0.2, -0.15) is 0 Å². The van der Waals surface area contributed by atoms with Crippen molar-refractivity contribution in [2.45, 2.75) is 25.8 Å². The standard InChI is InChI=1S/C24H30N4O5/c1-2-27-9-11-28(12-10-27)21(24(32)33)19-14-25-20-13-15(7-8-16(19)20)26-22(29)17-5-3-4-6-18(17)23(30)31/h3-4,7-8,13-14,17-18,21,25H,2,5-6,9-12H2,1H3,(H,26,29)(H,30,31)(H,32,33)/t17-,18-,21+/m0/s1. The molecule has 0 bridgehead atoms. The van der Waals surface area contributed by atoms with Crippen molar-refractivity contribution >= 4 is 34.4 Å². The first-order valence-electron chi connectivity index (χ1n) is 11.4. The number of allylic oxidation sites excluding steroid dienone is 2. The molecule has 1 aromatic heterocycles. The van der Waals surface area contributed by atoms with Crippen LogP contribution in [0.3, 0.4) is 0 Å². The number of aromatic amines is 1. The average Bonchev–Trinajstić information content (AvgIpc) is 3.22. The number of rotatable bonds is 7. The van der Waals surface area contributed by atoms with Crippen LogP contribution in [0.4, 0.5) is 5.69 Å². The summed E-state index contributed by atoms with van der Waals surface area (Å²) in [5.74, 6) is -3.54. The molecule has 9 nitrogen and oxygen atoms in total. The maximum atomic E-state index is 12.8. The lowest BCUT2D eigenvalue weighted by molar-refractivity contribution is -0.146. The van der Waals surface area contributed by atoms with Crippen molar-refractivity contribution in [1.82, 2.24) is 14.8 Å². The Kier molecular flexibility index (Phi) is 6.80. The van der Waals surface area contributed by atoms with Gasteiger partial charge in [0.2, 0.25) is 5.91 Å². The summed E-state index contributed by atoms with van der Waals surface area (Å²) in [4.78, 5) is 43.9. The Labute approximate surface area is 192 Å². The molecule has 4 N–H and O–H groups in total. The lowest BCUT2D eigenvalue weighted by atomic mass is 9.82. The van der Waals surface area contributed by atoms with Gasteiger partial charge in [0.25, 0.3) is 0 Å². The number of hydrogen-bond donors (Lipinski definition) is 4. The number of carboxylic acid groups (broad SMARTS) is 2. The molecule has 1 saturated heterocycles. The minimum absolute atomic E-state index is 0.324. The molecular formula is C24H30N4O5. The molecule has 0 radical (unpaired) electrons. The molecule has 1 aliphatic carbocycles. The number of likely N-dealkylation sites (N-methyl/N-ethyl adjacent to an activating group) is 1. The summed E-state index contributed by atoms with van der Waals surface area (Å²) in [6, 6.07) is 4.56. The monoisotopic (exact) mass is 454 g/mol. The summed E-state index contributed by atoms with van der Waals surface area (Å²) in [7, 11) is 0. The third-order valence-corrected chi connectivity index (χ3v) is 6.82. The summed E-state index contributed by atoms with van der Waals surface area (Å²) in [5, 5.41) is 23.0. The molecule has 9 heteroatoms. The van der Waals surface area contributed by atoms with Gasteiger partial charge in [0.15, 0.2) is 0 Å². The molecular weight excluding hydrogens is 424 g/mol. The van der Waals surface area contributed by atoms with E-state index in [2.05, 4.69) is 22.1 Å².